The summed E-state index contributed by atoms with van der Waals surface area (Å²) in [6.45, 7) is 1.87. The summed E-state index contributed by atoms with van der Waals surface area (Å²) < 4.78 is 5.18. The molecule has 1 aromatic carbocycles. The van der Waals surface area contributed by atoms with Crippen LogP contribution in [0.1, 0.15) is 31.2 Å². The van der Waals surface area contributed by atoms with Crippen molar-refractivity contribution in [2.45, 2.75) is 25.7 Å². The Labute approximate surface area is 170 Å². The Balaban J connectivity index is 1.69. The monoisotopic (exact) mass is 407 g/mol. The molecule has 0 unspecified atom stereocenters. The number of hydrogen-bond donors (Lipinski definition) is 1. The Morgan fingerprint density at radius 3 is 2.67 bits per heavy atom. The standard InChI is InChI=1S/C20H26N2O3S2/c1-21(2)13-14-25-18(23)11-7-4-8-12-22-19(26)17(27-20(22)24)15-16-9-5-3-6-10-16/h3,5-6,9-10,15H,4,7-8,11-14H2,1-2H3/p+1. The fraction of sp³-hybridized carbons (Fsp3) is 0.450. The van der Waals surface area contributed by atoms with Gasteiger partial charge in [-0.3, -0.25) is 14.5 Å². The molecule has 0 atom stereocenters. The summed E-state index contributed by atoms with van der Waals surface area (Å²) in [5.41, 5.74) is 1.03. The molecule has 0 radical (unpaired) electrons. The Morgan fingerprint density at radius 2 is 1.96 bits per heavy atom. The molecule has 0 saturated carbocycles. The van der Waals surface area contributed by atoms with Gasteiger partial charge in [-0.25, -0.2) is 0 Å². The first-order chi connectivity index (χ1) is 13.0. The predicted molar refractivity (Wildman–Crippen MR) is 114 cm³/mol. The molecule has 0 aromatic heterocycles. The maximum atomic E-state index is 12.2. The van der Waals surface area contributed by atoms with Gasteiger partial charge in [0.1, 0.15) is 18.1 Å². The SMILES string of the molecule is C[NH+](C)CCOC(=O)CCCCCN1C(=O)SC(=Cc2ccccc2)C1=S. The van der Waals surface area contributed by atoms with Gasteiger partial charge in [-0.05, 0) is 36.2 Å². The first-order valence-electron chi connectivity index (χ1n) is 9.22. The minimum Gasteiger partial charge on any atom is -0.460 e. The zero-order valence-electron chi connectivity index (χ0n) is 15.9. The minimum atomic E-state index is -0.146. The van der Waals surface area contributed by atoms with Crippen molar-refractivity contribution in [2.75, 3.05) is 33.8 Å². The highest BCUT2D eigenvalue weighted by molar-refractivity contribution is 8.19. The van der Waals surface area contributed by atoms with Crippen molar-refractivity contribution in [1.82, 2.24) is 4.90 Å². The lowest BCUT2D eigenvalue weighted by molar-refractivity contribution is -0.858. The van der Waals surface area contributed by atoms with Gasteiger partial charge in [0.2, 0.25) is 0 Å². The van der Waals surface area contributed by atoms with Gasteiger partial charge in [0.25, 0.3) is 5.24 Å². The van der Waals surface area contributed by atoms with E-state index in [4.69, 9.17) is 17.0 Å². The number of ether oxygens (including phenoxy) is 1. The van der Waals surface area contributed by atoms with Crippen LogP contribution < -0.4 is 4.90 Å². The Hall–Kier alpha value is -1.70. The number of nitrogens with zero attached hydrogens (tertiary/aromatic N) is 1. The van der Waals surface area contributed by atoms with Crippen LogP contribution in [0.25, 0.3) is 6.08 Å². The molecule has 2 rings (SSSR count). The topological polar surface area (TPSA) is 51.1 Å². The zero-order valence-corrected chi connectivity index (χ0v) is 17.5. The quantitative estimate of drug-likeness (QED) is 0.280. The second-order valence-corrected chi connectivity index (χ2v) is 8.11. The number of likely N-dealkylation sites (N-methyl/N-ethyl adjacent to an activating group) is 1. The van der Waals surface area contributed by atoms with E-state index in [0.717, 1.165) is 36.3 Å². The highest BCUT2D eigenvalue weighted by Gasteiger charge is 2.30. The molecule has 5 nitrogen and oxygen atoms in total. The lowest BCUT2D eigenvalue weighted by Gasteiger charge is -2.14. The fourth-order valence-corrected chi connectivity index (χ4v) is 3.84. The van der Waals surface area contributed by atoms with Gasteiger partial charge in [-0.15, -0.1) is 0 Å². The van der Waals surface area contributed by atoms with Crippen LogP contribution in [0, 0.1) is 0 Å². The molecule has 0 spiro atoms. The summed E-state index contributed by atoms with van der Waals surface area (Å²) >= 11 is 6.65. The van der Waals surface area contributed by atoms with Crippen LogP contribution in [0.5, 0.6) is 0 Å². The molecule has 1 N–H and O–H groups in total. The second kappa shape index (κ2) is 11.2. The van der Waals surface area contributed by atoms with Crippen molar-refractivity contribution in [3.8, 4) is 0 Å². The maximum Gasteiger partial charge on any atom is 0.305 e. The Kier molecular flexibility index (Phi) is 8.97. The van der Waals surface area contributed by atoms with Crippen molar-refractivity contribution in [2.24, 2.45) is 0 Å². The second-order valence-electron chi connectivity index (χ2n) is 6.73. The molecule has 1 fully saturated rings. The summed E-state index contributed by atoms with van der Waals surface area (Å²) in [7, 11) is 4.05. The predicted octanol–water partition coefficient (Wildman–Crippen LogP) is 2.77. The van der Waals surface area contributed by atoms with Gasteiger partial charge in [0.15, 0.2) is 0 Å². The van der Waals surface area contributed by atoms with E-state index < -0.39 is 0 Å². The number of esters is 1. The van der Waals surface area contributed by atoms with E-state index in [-0.39, 0.29) is 11.2 Å². The van der Waals surface area contributed by atoms with Gasteiger partial charge >= 0.3 is 5.97 Å². The van der Waals surface area contributed by atoms with Crippen LogP contribution in [0.2, 0.25) is 0 Å². The van der Waals surface area contributed by atoms with Crippen LogP contribution in [-0.4, -0.2) is 54.9 Å². The summed E-state index contributed by atoms with van der Waals surface area (Å²) in [5.74, 6) is -0.146. The third-order valence-corrected chi connectivity index (χ3v) is 5.59. The molecule has 1 aromatic rings. The van der Waals surface area contributed by atoms with E-state index in [1.54, 1.807) is 4.90 Å². The minimum absolute atomic E-state index is 0.0206. The molecule has 1 amide bonds. The molecule has 146 valence electrons. The van der Waals surface area contributed by atoms with E-state index >= 15 is 0 Å². The Morgan fingerprint density at radius 1 is 1.22 bits per heavy atom. The highest BCUT2D eigenvalue weighted by Crippen LogP contribution is 2.33. The van der Waals surface area contributed by atoms with Crippen molar-refractivity contribution < 1.29 is 19.2 Å². The highest BCUT2D eigenvalue weighted by atomic mass is 32.2. The molecule has 7 heteroatoms. The molecule has 1 saturated heterocycles. The molecular formula is C20H27N2O3S2+. The van der Waals surface area contributed by atoms with Crippen molar-refractivity contribution in [3.05, 3.63) is 40.8 Å². The number of carbonyl (C=O) groups is 2. The van der Waals surface area contributed by atoms with Crippen LogP contribution in [0.3, 0.4) is 0 Å². The molecule has 1 aliphatic rings. The van der Waals surface area contributed by atoms with Gasteiger partial charge in [-0.2, -0.15) is 0 Å². The van der Waals surface area contributed by atoms with Crippen LogP contribution in [-0.2, 0) is 9.53 Å². The lowest BCUT2D eigenvalue weighted by atomic mass is 10.2. The summed E-state index contributed by atoms with van der Waals surface area (Å²) in [6, 6.07) is 9.85. The number of benzene rings is 1. The molecule has 0 aliphatic carbocycles. The number of nitrogens with one attached hydrogen (secondary N) is 1. The van der Waals surface area contributed by atoms with Crippen molar-refractivity contribution >= 4 is 46.3 Å². The first kappa shape index (κ1) is 21.6. The maximum absolute atomic E-state index is 12.2. The third kappa shape index (κ3) is 7.44. The summed E-state index contributed by atoms with van der Waals surface area (Å²) in [4.78, 5) is 28.2. The van der Waals surface area contributed by atoms with Gasteiger partial charge < -0.3 is 9.64 Å². The van der Waals surface area contributed by atoms with E-state index in [2.05, 4.69) is 0 Å². The van der Waals surface area contributed by atoms with Crippen LogP contribution >= 0.6 is 24.0 Å². The number of rotatable bonds is 10. The van der Waals surface area contributed by atoms with Crippen LogP contribution in [0.4, 0.5) is 4.79 Å². The molecule has 27 heavy (non-hydrogen) atoms. The third-order valence-electron chi connectivity index (χ3n) is 4.10. The number of hydrogen-bond acceptors (Lipinski definition) is 5. The Bertz CT molecular complexity index is 690. The van der Waals surface area contributed by atoms with Crippen LogP contribution in [0.15, 0.2) is 35.2 Å². The van der Waals surface area contributed by atoms with E-state index in [1.165, 1.54) is 16.7 Å². The first-order valence-corrected chi connectivity index (χ1v) is 10.4. The van der Waals surface area contributed by atoms with E-state index in [9.17, 15) is 9.59 Å². The molecular weight excluding hydrogens is 380 g/mol. The molecule has 0 bridgehead atoms. The molecule has 1 heterocycles. The van der Waals surface area contributed by atoms with E-state index in [1.807, 2.05) is 50.5 Å². The normalized spacial score (nSPS) is 15.8. The lowest BCUT2D eigenvalue weighted by Crippen LogP contribution is -3.06. The number of quaternary nitrogens is 1. The fourth-order valence-electron chi connectivity index (χ4n) is 2.55. The average Bonchev–Trinajstić information content (AvgIpc) is 2.89. The van der Waals surface area contributed by atoms with Gasteiger partial charge in [-0.1, -0.05) is 49.0 Å². The van der Waals surface area contributed by atoms with Crippen molar-refractivity contribution in [3.63, 3.8) is 0 Å². The number of thiocarbonyl (C=S) groups is 1. The van der Waals surface area contributed by atoms with E-state index in [0.29, 0.717) is 24.6 Å². The largest absolute Gasteiger partial charge is 0.460 e. The number of amides is 1. The van der Waals surface area contributed by atoms with Gasteiger partial charge in [0.05, 0.1) is 19.0 Å². The molecule has 1 aliphatic heterocycles. The van der Waals surface area contributed by atoms with Crippen molar-refractivity contribution in [1.29, 1.82) is 0 Å². The number of unbranched alkanes of at least 4 members (excludes halogenated alkanes) is 2. The smallest absolute Gasteiger partial charge is 0.305 e. The number of thioether (sulfide) groups is 1. The number of carbonyl (C=O) groups excluding carboxylic acids is 2. The zero-order chi connectivity index (χ0) is 19.6. The summed E-state index contributed by atoms with van der Waals surface area (Å²) in [6.07, 6.45) is 4.83. The average molecular weight is 408 g/mol. The van der Waals surface area contributed by atoms with Gasteiger partial charge in [0, 0.05) is 13.0 Å². The summed E-state index contributed by atoms with van der Waals surface area (Å²) in [5, 5.41) is -0.0206.